The molecule has 3 rings (SSSR count). The van der Waals surface area contributed by atoms with Gasteiger partial charge in [0.15, 0.2) is 6.10 Å². The van der Waals surface area contributed by atoms with Crippen molar-refractivity contribution >= 4 is 5.97 Å². The molecule has 0 aromatic heterocycles. The van der Waals surface area contributed by atoms with Crippen molar-refractivity contribution < 1.29 is 29.2 Å². The number of aliphatic hydroxyl groups excluding tert-OH is 1. The number of aliphatic hydroxyl groups is 1. The summed E-state index contributed by atoms with van der Waals surface area (Å²) in [4.78, 5) is 12.0. The summed E-state index contributed by atoms with van der Waals surface area (Å²) in [7, 11) is 0. The van der Waals surface area contributed by atoms with Gasteiger partial charge in [0.2, 0.25) is 0 Å². The summed E-state index contributed by atoms with van der Waals surface area (Å²) in [6, 6.07) is 28.4. The molecule has 33 heavy (non-hydrogen) atoms. The lowest BCUT2D eigenvalue weighted by Crippen LogP contribution is -2.46. The largest absolute Gasteiger partial charge is 0.479 e. The highest BCUT2D eigenvalue weighted by molar-refractivity contribution is 5.73. The van der Waals surface area contributed by atoms with Gasteiger partial charge in [-0.05, 0) is 23.1 Å². The molecule has 0 amide bonds. The first kappa shape index (κ1) is 24.6. The fourth-order valence-corrected chi connectivity index (χ4v) is 3.37. The molecule has 0 saturated heterocycles. The molecule has 3 aromatic rings. The Balaban J connectivity index is 1.62. The summed E-state index contributed by atoms with van der Waals surface area (Å²) >= 11 is 0. The van der Waals surface area contributed by atoms with Crippen LogP contribution in [0.5, 0.6) is 0 Å². The SMILES string of the molecule is O=C(O)[C@H](OCc1ccccc1)[C@@H](OCc1ccccc1)[C@H](O)CCOCc1ccccc1. The second-order valence-corrected chi connectivity index (χ2v) is 7.71. The van der Waals surface area contributed by atoms with Crippen LogP contribution in [0.25, 0.3) is 0 Å². The van der Waals surface area contributed by atoms with Gasteiger partial charge in [-0.1, -0.05) is 91.0 Å². The second kappa shape index (κ2) is 13.5. The van der Waals surface area contributed by atoms with Gasteiger partial charge in [0.05, 0.1) is 25.9 Å². The van der Waals surface area contributed by atoms with E-state index >= 15 is 0 Å². The van der Waals surface area contributed by atoms with Gasteiger partial charge in [-0.15, -0.1) is 0 Å². The molecule has 0 aliphatic heterocycles. The molecule has 3 aromatic carbocycles. The van der Waals surface area contributed by atoms with Gasteiger partial charge >= 0.3 is 5.97 Å². The maximum atomic E-state index is 12.0. The minimum absolute atomic E-state index is 0.0975. The molecular formula is C27H30O6. The number of rotatable bonds is 14. The molecule has 0 heterocycles. The zero-order valence-electron chi connectivity index (χ0n) is 18.5. The van der Waals surface area contributed by atoms with E-state index in [1.807, 2.05) is 91.0 Å². The zero-order valence-corrected chi connectivity index (χ0v) is 18.5. The number of carboxylic acid groups (broad SMARTS) is 1. The first-order chi connectivity index (χ1) is 16.1. The van der Waals surface area contributed by atoms with Crippen molar-refractivity contribution in [1.29, 1.82) is 0 Å². The van der Waals surface area contributed by atoms with Gasteiger partial charge in [0, 0.05) is 6.61 Å². The number of hydrogen-bond acceptors (Lipinski definition) is 5. The Morgan fingerprint density at radius 1 is 0.697 bits per heavy atom. The predicted octanol–water partition coefficient (Wildman–Crippen LogP) is 4.21. The number of benzene rings is 3. The van der Waals surface area contributed by atoms with Crippen molar-refractivity contribution in [3.63, 3.8) is 0 Å². The van der Waals surface area contributed by atoms with Crippen molar-refractivity contribution in [2.24, 2.45) is 0 Å². The number of ether oxygens (including phenoxy) is 3. The molecular weight excluding hydrogens is 420 g/mol. The van der Waals surface area contributed by atoms with Gasteiger partial charge in [-0.2, -0.15) is 0 Å². The van der Waals surface area contributed by atoms with Gasteiger partial charge in [0.1, 0.15) is 6.10 Å². The zero-order chi connectivity index (χ0) is 23.3. The van der Waals surface area contributed by atoms with Gasteiger partial charge in [0.25, 0.3) is 0 Å². The monoisotopic (exact) mass is 450 g/mol. The van der Waals surface area contributed by atoms with Crippen LogP contribution in [0.2, 0.25) is 0 Å². The molecule has 0 aliphatic rings. The van der Waals surface area contributed by atoms with Gasteiger partial charge in [-0.3, -0.25) is 0 Å². The molecule has 0 spiro atoms. The topological polar surface area (TPSA) is 85.2 Å². The highest BCUT2D eigenvalue weighted by Gasteiger charge is 2.35. The van der Waals surface area contributed by atoms with Crippen LogP contribution in [-0.2, 0) is 38.8 Å². The average molecular weight is 451 g/mol. The lowest BCUT2D eigenvalue weighted by molar-refractivity contribution is -0.177. The molecule has 0 saturated carbocycles. The van der Waals surface area contributed by atoms with E-state index in [2.05, 4.69) is 0 Å². The minimum Gasteiger partial charge on any atom is -0.479 e. The molecule has 0 bridgehead atoms. The van der Waals surface area contributed by atoms with E-state index in [-0.39, 0.29) is 26.2 Å². The summed E-state index contributed by atoms with van der Waals surface area (Å²) in [5.74, 6) is -1.19. The molecule has 0 fully saturated rings. The Kier molecular flexibility index (Phi) is 10.1. The third-order valence-electron chi connectivity index (χ3n) is 5.15. The smallest absolute Gasteiger partial charge is 0.335 e. The highest BCUT2D eigenvalue weighted by Crippen LogP contribution is 2.18. The third kappa shape index (κ3) is 8.44. The summed E-state index contributed by atoms with van der Waals surface area (Å²) in [6.07, 6.45) is -3.27. The van der Waals surface area contributed by atoms with Crippen LogP contribution < -0.4 is 0 Å². The number of hydrogen-bond donors (Lipinski definition) is 2. The van der Waals surface area contributed by atoms with Crippen LogP contribution in [0.15, 0.2) is 91.0 Å². The van der Waals surface area contributed by atoms with Gasteiger partial charge in [-0.25, -0.2) is 4.79 Å². The van der Waals surface area contributed by atoms with Gasteiger partial charge < -0.3 is 24.4 Å². The maximum Gasteiger partial charge on any atom is 0.335 e. The van der Waals surface area contributed by atoms with Crippen molar-refractivity contribution in [1.82, 2.24) is 0 Å². The van der Waals surface area contributed by atoms with Crippen LogP contribution in [-0.4, -0.2) is 41.1 Å². The maximum absolute atomic E-state index is 12.0. The Labute approximate surface area is 194 Å². The lowest BCUT2D eigenvalue weighted by Gasteiger charge is -2.29. The van der Waals surface area contributed by atoms with Crippen molar-refractivity contribution in [2.75, 3.05) is 6.61 Å². The molecule has 0 radical (unpaired) electrons. The summed E-state index contributed by atoms with van der Waals surface area (Å²) in [5.41, 5.74) is 2.74. The molecule has 2 N–H and O–H groups in total. The standard InChI is InChI=1S/C27H30O6/c28-24(16-17-31-18-21-10-4-1-5-11-21)25(32-19-22-12-6-2-7-13-22)26(27(29)30)33-20-23-14-8-3-9-15-23/h1-15,24-26,28H,16-20H2,(H,29,30)/t24-,25+,26-/m1/s1. The number of carbonyl (C=O) groups is 1. The van der Waals surface area contributed by atoms with Crippen LogP contribution in [0.4, 0.5) is 0 Å². The first-order valence-corrected chi connectivity index (χ1v) is 11.0. The summed E-state index contributed by atoms with van der Waals surface area (Å²) in [5, 5.41) is 20.7. The summed E-state index contributed by atoms with van der Waals surface area (Å²) in [6.45, 7) is 0.925. The molecule has 174 valence electrons. The highest BCUT2D eigenvalue weighted by atomic mass is 16.6. The Morgan fingerprint density at radius 3 is 1.64 bits per heavy atom. The molecule has 3 atom stereocenters. The number of aliphatic carboxylic acids is 1. The van der Waals surface area contributed by atoms with E-state index in [0.29, 0.717) is 6.61 Å². The van der Waals surface area contributed by atoms with Crippen LogP contribution in [0.1, 0.15) is 23.1 Å². The third-order valence-corrected chi connectivity index (χ3v) is 5.15. The Morgan fingerprint density at radius 2 is 1.15 bits per heavy atom. The minimum atomic E-state index is -1.34. The Bertz CT molecular complexity index is 933. The fraction of sp³-hybridized carbons (Fsp3) is 0.296. The average Bonchev–Trinajstić information content (AvgIpc) is 2.85. The van der Waals surface area contributed by atoms with Crippen molar-refractivity contribution in [3.05, 3.63) is 108 Å². The quantitative estimate of drug-likeness (QED) is 0.358. The lowest BCUT2D eigenvalue weighted by atomic mass is 10.0. The summed E-state index contributed by atoms with van der Waals surface area (Å²) < 4.78 is 17.3. The van der Waals surface area contributed by atoms with Crippen LogP contribution >= 0.6 is 0 Å². The van der Waals surface area contributed by atoms with Crippen molar-refractivity contribution in [3.8, 4) is 0 Å². The fourth-order valence-electron chi connectivity index (χ4n) is 3.37. The first-order valence-electron chi connectivity index (χ1n) is 11.0. The van der Waals surface area contributed by atoms with E-state index in [4.69, 9.17) is 14.2 Å². The van der Waals surface area contributed by atoms with E-state index in [1.165, 1.54) is 0 Å². The molecule has 6 nitrogen and oxygen atoms in total. The van der Waals surface area contributed by atoms with Crippen LogP contribution in [0, 0.1) is 0 Å². The molecule has 6 heteroatoms. The van der Waals surface area contributed by atoms with E-state index in [9.17, 15) is 15.0 Å². The van der Waals surface area contributed by atoms with E-state index in [1.54, 1.807) is 0 Å². The molecule has 0 aliphatic carbocycles. The molecule has 0 unspecified atom stereocenters. The predicted molar refractivity (Wildman–Crippen MR) is 124 cm³/mol. The van der Waals surface area contributed by atoms with Crippen molar-refractivity contribution in [2.45, 2.75) is 44.6 Å². The number of carboxylic acids is 1. The Hall–Kier alpha value is -3.03. The second-order valence-electron chi connectivity index (χ2n) is 7.71. The van der Waals surface area contributed by atoms with E-state index < -0.39 is 24.3 Å². The normalized spacial score (nSPS) is 13.8. The van der Waals surface area contributed by atoms with Crippen LogP contribution in [0.3, 0.4) is 0 Å². The van der Waals surface area contributed by atoms with E-state index in [0.717, 1.165) is 16.7 Å².